The van der Waals surface area contributed by atoms with Crippen LogP contribution < -0.4 is 16.0 Å². The van der Waals surface area contributed by atoms with Crippen LogP contribution in [0.2, 0.25) is 0 Å². The topological polar surface area (TPSA) is 279 Å². The highest BCUT2D eigenvalue weighted by atomic mass is 19.4. The molecule has 7 aliphatic rings. The zero-order chi connectivity index (χ0) is 79.5. The fraction of sp³-hybridized carbons (Fsp3) is 0.838. The molecule has 1 spiro atoms. The summed E-state index contributed by atoms with van der Waals surface area (Å²) in [6.45, 7) is 6.49. The number of halogens is 8. The molecule has 33 heteroatoms. The number of fused-ring (bicyclic) bond motifs is 3. The fourth-order valence-corrected chi connectivity index (χ4v) is 17.3. The van der Waals surface area contributed by atoms with Crippen molar-refractivity contribution in [1.82, 2.24) is 60.0 Å². The molecule has 0 aromatic rings. The van der Waals surface area contributed by atoms with Gasteiger partial charge in [-0.1, -0.05) is 52.9 Å². The number of carbonyl (C=O) groups excluding carboxylic acids is 12. The predicted molar refractivity (Wildman–Crippen MR) is 377 cm³/mol. The molecule has 12 amide bonds. The van der Waals surface area contributed by atoms with Crippen molar-refractivity contribution in [2.45, 2.75) is 273 Å². The zero-order valence-electron chi connectivity index (χ0n) is 64.4. The van der Waals surface area contributed by atoms with Crippen LogP contribution >= 0.6 is 0 Å². The highest BCUT2D eigenvalue weighted by Gasteiger charge is 2.56. The van der Waals surface area contributed by atoms with Gasteiger partial charge in [0.05, 0.1) is 31.5 Å². The van der Waals surface area contributed by atoms with Crippen molar-refractivity contribution in [2.24, 2.45) is 35.5 Å². The number of ether oxygens (including phenoxy) is 1. The summed E-state index contributed by atoms with van der Waals surface area (Å²) in [7, 11) is 9.59. The van der Waals surface area contributed by atoms with Gasteiger partial charge in [0.2, 0.25) is 70.9 Å². The molecule has 0 aromatic carbocycles. The number of rotatable bonds is 13. The van der Waals surface area contributed by atoms with Crippen LogP contribution in [0.15, 0.2) is 0 Å². The van der Waals surface area contributed by atoms with Crippen molar-refractivity contribution in [3.05, 3.63) is 0 Å². The molecule has 4 saturated carbocycles. The minimum atomic E-state index is -5.21. The van der Waals surface area contributed by atoms with Gasteiger partial charge in [-0.05, 0) is 147 Å². The van der Waals surface area contributed by atoms with Crippen molar-refractivity contribution in [3.8, 4) is 0 Å². The highest BCUT2D eigenvalue weighted by Crippen LogP contribution is 2.46. The molecule has 3 aliphatic heterocycles. The summed E-state index contributed by atoms with van der Waals surface area (Å²) >= 11 is 0. The van der Waals surface area contributed by atoms with Gasteiger partial charge in [0.15, 0.2) is 0 Å². The van der Waals surface area contributed by atoms with Crippen LogP contribution in [0.3, 0.4) is 0 Å². The van der Waals surface area contributed by atoms with E-state index >= 15 is 37.5 Å². The average Bonchev–Trinajstić information content (AvgIpc) is 1.70. The van der Waals surface area contributed by atoms with Crippen LogP contribution in [0, 0.1) is 35.5 Å². The molecular weight excluding hydrogens is 1420 g/mol. The van der Waals surface area contributed by atoms with E-state index in [4.69, 9.17) is 4.74 Å². The first-order chi connectivity index (χ1) is 50.2. The smallest absolute Gasteiger partial charge is 0.377 e. The molecule has 7 fully saturated rings. The Balaban J connectivity index is 1.32. The third-order valence-electron chi connectivity index (χ3n) is 24.1. The third kappa shape index (κ3) is 20.9. The molecule has 12 atom stereocenters. The molecule has 0 radical (unpaired) electrons. The SMILES string of the molecule is CCO[C@@H]1C[C@H]2C(=O)NC3(CCC3)C(=O)N(C)[C@@H](C3CCCC3)C(=O)N(CC)[C@H](C(=O)N(C)C)CC(=O)N(C)[C@@H](CC)C(=O)N[C@@H]([C@@H](C)CC)C(=O)N(C)CC(=O)N(C)[C@H]3CCCCCN(C3=O)[C@@H](CC3CCC(C(F)(F)F)CC3)C(=O)N(C)CC(=O)N[C@@H](CCC3CC(F)C(C(F)(F)F)C(F)C3)C(=O)N2C1. The molecule has 3 N–H and O–H groups in total. The quantitative estimate of drug-likeness (QED) is 0.170. The van der Waals surface area contributed by atoms with Gasteiger partial charge in [-0.25, -0.2) is 8.78 Å². The molecule has 107 heavy (non-hydrogen) atoms. The van der Waals surface area contributed by atoms with E-state index in [1.54, 1.807) is 34.6 Å². The van der Waals surface area contributed by atoms with Crippen LogP contribution in [0.1, 0.15) is 189 Å². The van der Waals surface area contributed by atoms with Crippen LogP contribution in [0.25, 0.3) is 0 Å². The van der Waals surface area contributed by atoms with E-state index in [-0.39, 0.29) is 96.9 Å². The lowest BCUT2D eigenvalue weighted by Crippen LogP contribution is -2.68. The number of carbonyl (C=O) groups is 12. The van der Waals surface area contributed by atoms with Crippen molar-refractivity contribution in [1.29, 1.82) is 0 Å². The summed E-state index contributed by atoms with van der Waals surface area (Å²) in [5.74, 6) is -16.5. The van der Waals surface area contributed by atoms with Crippen molar-refractivity contribution < 1.29 is 97.4 Å². The minimum absolute atomic E-state index is 0.00451. The van der Waals surface area contributed by atoms with Gasteiger partial charge in [-0.15, -0.1) is 0 Å². The van der Waals surface area contributed by atoms with Crippen LogP contribution in [-0.2, 0) is 62.3 Å². The van der Waals surface area contributed by atoms with Crippen LogP contribution in [0.4, 0.5) is 35.1 Å². The average molecular weight is 1530 g/mol. The second-order valence-corrected chi connectivity index (χ2v) is 31.5. The minimum Gasteiger partial charge on any atom is -0.377 e. The third-order valence-corrected chi connectivity index (χ3v) is 24.1. The Bertz CT molecular complexity index is 3140. The summed E-state index contributed by atoms with van der Waals surface area (Å²) < 4.78 is 121. The monoisotopic (exact) mass is 1530 g/mol. The number of amides is 12. The first kappa shape index (κ1) is 87.3. The van der Waals surface area contributed by atoms with Gasteiger partial charge in [-0.2, -0.15) is 26.3 Å². The van der Waals surface area contributed by atoms with Gasteiger partial charge in [0.25, 0.3) is 0 Å². The van der Waals surface area contributed by atoms with E-state index in [9.17, 15) is 55.1 Å². The fourth-order valence-electron chi connectivity index (χ4n) is 17.3. The van der Waals surface area contributed by atoms with Crippen molar-refractivity contribution in [2.75, 3.05) is 88.7 Å². The number of alkyl halides is 8. The standard InChI is InChI=1S/C74H116F8N12O13/c1-13-43(5)61-69(104)88(9)42-59(97)90(11)53-25-18-17-21-34-93(68(53)103)55(37-44-26-29-47(30-27-44)73(77,78)79)67(102)87(8)41-57(95)83-51(31-28-45-35-49(75)60(50(76)36-45)74(80,81)82)65(100)94-40-48(107-16-4)38-54(94)64(99)85-72(32-22-33-72)71(106)91(12)62(46-23-19-20-24-46)70(105)92(15-3)56(66(101)86(6)7)39-58(96)89(10)52(14-2)63(98)84-61/h43-56,60-62H,13-42H2,1-12H3,(H,83,95)(H,84,98)(H,85,99)/t43-,44?,45?,47?,48+,49?,50?,51-,52-,53-,54-,55-,56-,60?,61-,62-/m0/s1. The Kier molecular flexibility index (Phi) is 30.7. The molecule has 3 heterocycles. The Morgan fingerprint density at radius 3 is 1.79 bits per heavy atom. The molecule has 0 aromatic heterocycles. The molecule has 2 unspecified atom stereocenters. The largest absolute Gasteiger partial charge is 0.397 e. The van der Waals surface area contributed by atoms with E-state index < -0.39 is 230 Å². The second kappa shape index (κ2) is 37.6. The van der Waals surface area contributed by atoms with Gasteiger partial charge in [0, 0.05) is 82.0 Å². The first-order valence-corrected chi connectivity index (χ1v) is 38.6. The molecule has 7 rings (SSSR count). The van der Waals surface area contributed by atoms with Crippen LogP contribution in [-0.4, -0.2) is 288 Å². The van der Waals surface area contributed by atoms with E-state index in [0.29, 0.717) is 57.8 Å². The maximum atomic E-state index is 15.7. The Morgan fingerprint density at radius 1 is 0.617 bits per heavy atom. The molecule has 606 valence electrons. The predicted octanol–water partition coefficient (Wildman–Crippen LogP) is 6.33. The number of nitrogens with one attached hydrogen (secondary N) is 3. The van der Waals surface area contributed by atoms with E-state index in [1.165, 1.54) is 68.9 Å². The van der Waals surface area contributed by atoms with E-state index in [1.807, 2.05) is 0 Å². The first-order valence-electron chi connectivity index (χ1n) is 38.6. The maximum Gasteiger partial charge on any atom is 0.397 e. The maximum absolute atomic E-state index is 15.7. The number of likely N-dealkylation sites (N-methyl/N-ethyl adjacent to an activating group) is 7. The van der Waals surface area contributed by atoms with Gasteiger partial charge in [0.1, 0.15) is 72.1 Å². The molecule has 25 nitrogen and oxygen atoms in total. The normalized spacial score (nSPS) is 32.0. The van der Waals surface area contributed by atoms with Crippen molar-refractivity contribution in [3.63, 3.8) is 0 Å². The lowest BCUT2D eigenvalue weighted by molar-refractivity contribution is -0.219. The number of hydrogen-bond acceptors (Lipinski definition) is 13. The summed E-state index contributed by atoms with van der Waals surface area (Å²) in [4.78, 5) is 191. The van der Waals surface area contributed by atoms with Gasteiger partial charge < -0.3 is 64.8 Å². The summed E-state index contributed by atoms with van der Waals surface area (Å²) in [5, 5.41) is 8.39. The summed E-state index contributed by atoms with van der Waals surface area (Å²) in [6.07, 6.45) is -15.2. The number of nitrogens with zero attached hydrogens (tertiary/aromatic N) is 9. The van der Waals surface area contributed by atoms with Gasteiger partial charge >= 0.3 is 12.4 Å². The summed E-state index contributed by atoms with van der Waals surface area (Å²) in [5.41, 5.74) is -1.69. The van der Waals surface area contributed by atoms with Crippen molar-refractivity contribution >= 4 is 70.9 Å². The van der Waals surface area contributed by atoms with E-state index in [2.05, 4.69) is 16.0 Å². The number of hydrogen-bond donors (Lipinski definition) is 3. The lowest BCUT2D eigenvalue weighted by Gasteiger charge is -2.47. The Morgan fingerprint density at radius 2 is 1.23 bits per heavy atom. The zero-order valence-corrected chi connectivity index (χ0v) is 64.4. The Hall–Kier alpha value is -6.96. The van der Waals surface area contributed by atoms with Crippen LogP contribution in [0.5, 0.6) is 0 Å². The molecule has 2 bridgehead atoms. The second-order valence-electron chi connectivity index (χ2n) is 31.5. The Labute approximate surface area is 623 Å². The molecule has 3 saturated heterocycles. The molecule has 4 aliphatic carbocycles. The summed E-state index contributed by atoms with van der Waals surface area (Å²) in [6, 6.07) is -11.2. The lowest BCUT2D eigenvalue weighted by atomic mass is 9.74. The van der Waals surface area contributed by atoms with E-state index in [0.717, 1.165) is 24.5 Å². The molecular formula is C74H116F8N12O13. The van der Waals surface area contributed by atoms with Gasteiger partial charge in [-0.3, -0.25) is 57.5 Å². The highest BCUT2D eigenvalue weighted by molar-refractivity contribution is 6.01.